The van der Waals surface area contributed by atoms with Crippen molar-refractivity contribution in [3.05, 3.63) is 47.6 Å². The lowest BCUT2D eigenvalue weighted by Crippen LogP contribution is -2.59. The van der Waals surface area contributed by atoms with Crippen molar-refractivity contribution in [3.63, 3.8) is 0 Å². The van der Waals surface area contributed by atoms with Gasteiger partial charge >= 0.3 is 5.97 Å². The number of allylic oxidation sites excluding steroid dienone is 4. The van der Waals surface area contributed by atoms with E-state index in [1.807, 2.05) is 26.0 Å². The van der Waals surface area contributed by atoms with Crippen LogP contribution in [0.15, 0.2) is 42.0 Å². The van der Waals surface area contributed by atoms with E-state index in [0.717, 1.165) is 67.4 Å². The van der Waals surface area contributed by atoms with Crippen LogP contribution in [0.25, 0.3) is 5.57 Å². The fraction of sp³-hybridized carbons (Fsp3) is 0.750. The molecule has 3 heterocycles. The van der Waals surface area contributed by atoms with Gasteiger partial charge in [0.1, 0.15) is 30.2 Å². The zero-order chi connectivity index (χ0) is 42.8. The van der Waals surface area contributed by atoms with Gasteiger partial charge in [-0.25, -0.2) is 0 Å². The van der Waals surface area contributed by atoms with Crippen LogP contribution in [-0.2, 0) is 47.5 Å². The Morgan fingerprint density at radius 3 is 2.17 bits per heavy atom. The minimum atomic E-state index is -0.644. The molecule has 3 aliphatic heterocycles. The molecule has 0 bridgehead atoms. The van der Waals surface area contributed by atoms with Crippen molar-refractivity contribution >= 4 is 17.3 Å². The molecule has 1 aromatic rings. The van der Waals surface area contributed by atoms with E-state index < -0.39 is 18.3 Å². The molecule has 1 aromatic carbocycles. The molecular formula is C48H71NO11. The molecule has 1 saturated carbocycles. The predicted octanol–water partition coefficient (Wildman–Crippen LogP) is 7.02. The molecule has 4 fully saturated rings. The van der Waals surface area contributed by atoms with Crippen molar-refractivity contribution in [2.45, 2.75) is 153 Å². The van der Waals surface area contributed by atoms with Crippen molar-refractivity contribution in [3.8, 4) is 5.75 Å². The van der Waals surface area contributed by atoms with Crippen LogP contribution in [0.4, 0.5) is 0 Å². The zero-order valence-corrected chi connectivity index (χ0v) is 37.6. The van der Waals surface area contributed by atoms with Gasteiger partial charge in [-0.15, -0.1) is 0 Å². The minimum absolute atomic E-state index is 0.000583. The first-order valence-electron chi connectivity index (χ1n) is 22.6. The van der Waals surface area contributed by atoms with Gasteiger partial charge in [0.25, 0.3) is 0 Å². The van der Waals surface area contributed by atoms with E-state index in [-0.39, 0.29) is 96.8 Å². The van der Waals surface area contributed by atoms with Crippen LogP contribution in [-0.4, -0.2) is 127 Å². The summed E-state index contributed by atoms with van der Waals surface area (Å²) in [5, 5.41) is 0. The fourth-order valence-electron chi connectivity index (χ4n) is 11.6. The predicted molar refractivity (Wildman–Crippen MR) is 226 cm³/mol. The maximum absolute atomic E-state index is 15.2. The summed E-state index contributed by atoms with van der Waals surface area (Å²) < 4.78 is 55.9. The molecule has 17 atom stereocenters. The van der Waals surface area contributed by atoms with Crippen LogP contribution in [0, 0.1) is 35.5 Å². The summed E-state index contributed by atoms with van der Waals surface area (Å²) in [5.74, 6) is 0.0476. The lowest BCUT2D eigenvalue weighted by molar-refractivity contribution is -0.314. The topological polar surface area (TPSA) is 120 Å². The number of nitrogens with zero attached hydrogens (tertiary/aromatic N) is 1. The molecule has 3 saturated heterocycles. The number of fused-ring (bicyclic) bond motifs is 5. The zero-order valence-electron chi connectivity index (χ0n) is 37.6. The highest BCUT2D eigenvalue weighted by molar-refractivity contribution is 5.99. The number of esters is 1. The normalized spacial score (nSPS) is 41.3. The van der Waals surface area contributed by atoms with Gasteiger partial charge in [0.05, 0.1) is 37.9 Å². The Kier molecular flexibility index (Phi) is 15.0. The van der Waals surface area contributed by atoms with Crippen LogP contribution < -0.4 is 4.74 Å². The average molecular weight is 838 g/mol. The summed E-state index contributed by atoms with van der Waals surface area (Å²) in [6.07, 6.45) is 7.89. The van der Waals surface area contributed by atoms with Crippen molar-refractivity contribution in [1.82, 2.24) is 4.90 Å². The molecule has 0 radical (unpaired) electrons. The second-order valence-electron chi connectivity index (χ2n) is 18.4. The Morgan fingerprint density at radius 2 is 1.52 bits per heavy atom. The third-order valence-corrected chi connectivity index (χ3v) is 14.8. The number of hydrogen-bond acceptors (Lipinski definition) is 12. The third kappa shape index (κ3) is 9.32. The molecule has 12 heteroatoms. The minimum Gasteiger partial charge on any atom is -0.497 e. The van der Waals surface area contributed by atoms with Gasteiger partial charge < -0.3 is 47.5 Å². The Labute approximate surface area is 357 Å². The Bertz CT molecular complexity index is 1680. The van der Waals surface area contributed by atoms with Gasteiger partial charge in [-0.2, -0.15) is 0 Å². The first-order valence-corrected chi connectivity index (χ1v) is 22.6. The van der Waals surface area contributed by atoms with E-state index in [1.54, 1.807) is 28.4 Å². The van der Waals surface area contributed by atoms with Crippen molar-refractivity contribution in [2.75, 3.05) is 42.5 Å². The molecular weight excluding hydrogens is 767 g/mol. The number of carbonyl (C=O) groups excluding carboxylic acids is 2. The summed E-state index contributed by atoms with van der Waals surface area (Å²) in [4.78, 5) is 31.4. The molecule has 0 aromatic heterocycles. The molecule has 6 aliphatic rings. The molecule has 12 nitrogen and oxygen atoms in total. The molecule has 60 heavy (non-hydrogen) atoms. The number of rotatable bonds is 11. The number of Topliss-reactive ketones (excluding diaryl/α,β-unsaturated/α-hetero) is 1. The number of cyclic esters (lactones) is 1. The Hall–Kier alpha value is -2.68. The van der Waals surface area contributed by atoms with Crippen molar-refractivity contribution < 1.29 is 52.2 Å². The van der Waals surface area contributed by atoms with Crippen LogP contribution in [0.3, 0.4) is 0 Å². The first kappa shape index (κ1) is 45.3. The second-order valence-corrected chi connectivity index (χ2v) is 18.4. The SMILES string of the molecule is CC[C@H]1CCC[C@H](O[C@H]2CC[C@H](N(C)C)C(C)O2)[C@@H](C)C(=O)C2=C[C@@H]3C(C(c4ccc(OC)cc4)=CC4C[C@@H](O[C@@H]5OC(C)[C@H](OC)C(OC)[C@@H]5OC)C[C@H]43)[C@@H]2CC(=O)O1. The van der Waals surface area contributed by atoms with Crippen molar-refractivity contribution in [1.29, 1.82) is 0 Å². The number of carbonyl (C=O) groups is 2. The maximum atomic E-state index is 15.2. The highest BCUT2D eigenvalue weighted by Crippen LogP contribution is 2.58. The van der Waals surface area contributed by atoms with Gasteiger partial charge in [0, 0.05) is 39.2 Å². The van der Waals surface area contributed by atoms with Gasteiger partial charge in [0.2, 0.25) is 0 Å². The van der Waals surface area contributed by atoms with E-state index in [1.165, 1.54) is 0 Å². The summed E-state index contributed by atoms with van der Waals surface area (Å²) in [7, 11) is 10.8. The highest BCUT2D eigenvalue weighted by atomic mass is 16.7. The molecule has 3 aliphatic carbocycles. The van der Waals surface area contributed by atoms with Gasteiger partial charge in [-0.1, -0.05) is 38.1 Å². The summed E-state index contributed by atoms with van der Waals surface area (Å²) >= 11 is 0. The van der Waals surface area contributed by atoms with Gasteiger partial charge in [-0.3, -0.25) is 9.59 Å². The van der Waals surface area contributed by atoms with E-state index >= 15 is 4.79 Å². The largest absolute Gasteiger partial charge is 0.497 e. The number of hydrogen-bond donors (Lipinski definition) is 0. The average Bonchev–Trinajstić information content (AvgIpc) is 3.82. The van der Waals surface area contributed by atoms with Crippen LogP contribution in [0.1, 0.15) is 91.0 Å². The molecule has 0 amide bonds. The third-order valence-electron chi connectivity index (χ3n) is 14.8. The number of methoxy groups -OCH3 is 4. The summed E-state index contributed by atoms with van der Waals surface area (Å²) in [6.45, 7) is 8.17. The first-order chi connectivity index (χ1) is 28.9. The van der Waals surface area contributed by atoms with Gasteiger partial charge in [-0.05, 0) is 132 Å². The smallest absolute Gasteiger partial charge is 0.306 e. The fourth-order valence-corrected chi connectivity index (χ4v) is 11.6. The van der Waals surface area contributed by atoms with E-state index in [4.69, 9.17) is 42.6 Å². The molecule has 5 unspecified atom stereocenters. The maximum Gasteiger partial charge on any atom is 0.306 e. The lowest BCUT2D eigenvalue weighted by atomic mass is 9.65. The second kappa shape index (κ2) is 19.8. The van der Waals surface area contributed by atoms with Crippen LogP contribution in [0.5, 0.6) is 5.75 Å². The van der Waals surface area contributed by atoms with Gasteiger partial charge in [0.15, 0.2) is 18.4 Å². The number of benzene rings is 1. The lowest BCUT2D eigenvalue weighted by Gasteiger charge is -2.44. The highest BCUT2D eigenvalue weighted by Gasteiger charge is 2.54. The molecule has 7 rings (SSSR count). The van der Waals surface area contributed by atoms with Crippen LogP contribution in [0.2, 0.25) is 0 Å². The Morgan fingerprint density at radius 1 is 0.783 bits per heavy atom. The van der Waals surface area contributed by atoms with E-state index in [0.29, 0.717) is 12.5 Å². The van der Waals surface area contributed by atoms with E-state index in [2.05, 4.69) is 57.1 Å². The monoisotopic (exact) mass is 838 g/mol. The number of ether oxygens (including phenoxy) is 9. The van der Waals surface area contributed by atoms with E-state index in [9.17, 15) is 4.79 Å². The Balaban J connectivity index is 1.21. The molecule has 0 N–H and O–H groups in total. The number of ketones is 1. The quantitative estimate of drug-likeness (QED) is 0.213. The summed E-state index contributed by atoms with van der Waals surface area (Å²) in [5.41, 5.74) is 2.94. The van der Waals surface area contributed by atoms with Crippen molar-refractivity contribution in [2.24, 2.45) is 35.5 Å². The standard InChI is InChI=1S/C48H71NO11/c1-11-31-13-12-14-40(60-42-20-19-39(49(5)6)27(3)56-42)26(2)44(51)38-24-36-34-23-33(59-48-47(55-10)46(54-9)45(53-8)28(4)57-48)21-30(34)22-35(29-15-17-32(52-7)18-16-29)43(36)37(38)25-41(50)58-31/h15-18,22,24,26-28,30-31,33-34,36-37,39-40,42-43,45-48H,11-14,19-21,23,25H2,1-10H3/t26-,27?,28?,30?,31+,33-,34-,36+,37-,39+,40+,42+,43?,45+,46?,47+,48+/m1/s1. The van der Waals surface area contributed by atoms with Crippen LogP contribution >= 0.6 is 0 Å². The molecule has 334 valence electrons. The summed E-state index contributed by atoms with van der Waals surface area (Å²) in [6, 6.07) is 8.48. The number of likely N-dealkylation sites (N-methyl/N-ethyl adjacent to an activating group) is 1. The molecule has 0 spiro atoms.